The summed E-state index contributed by atoms with van der Waals surface area (Å²) in [5.41, 5.74) is 0.195. The molecule has 0 spiro atoms. The molecule has 0 aliphatic heterocycles. The molecule has 0 aliphatic rings. The van der Waals surface area contributed by atoms with Gasteiger partial charge < -0.3 is 4.42 Å². The van der Waals surface area contributed by atoms with Crippen LogP contribution in [0.5, 0.6) is 0 Å². The highest BCUT2D eigenvalue weighted by molar-refractivity contribution is 7.71. The van der Waals surface area contributed by atoms with E-state index in [9.17, 15) is 0 Å². The van der Waals surface area contributed by atoms with Crippen molar-refractivity contribution in [2.75, 3.05) is 0 Å². The van der Waals surface area contributed by atoms with Crippen molar-refractivity contribution in [3.05, 3.63) is 10.7 Å². The van der Waals surface area contributed by atoms with Crippen LogP contribution in [-0.4, -0.2) is 10.2 Å². The molecule has 4 heteroatoms. The molecule has 0 aromatic carbocycles. The Morgan fingerprint density at radius 3 is 2.55 bits per heavy atom. The zero-order valence-corrected chi connectivity index (χ0v) is 7.79. The van der Waals surface area contributed by atoms with E-state index in [0.717, 1.165) is 6.42 Å². The maximum Gasteiger partial charge on any atom is 0.284 e. The summed E-state index contributed by atoms with van der Waals surface area (Å²) in [4.78, 5) is 0.351. The molecular weight excluding hydrogens is 160 g/mol. The summed E-state index contributed by atoms with van der Waals surface area (Å²) >= 11 is 4.74. The first-order valence-corrected chi connectivity index (χ1v) is 3.92. The summed E-state index contributed by atoms with van der Waals surface area (Å²) in [5, 5.41) is 6.49. The van der Waals surface area contributed by atoms with Gasteiger partial charge in [0, 0.05) is 6.42 Å². The van der Waals surface area contributed by atoms with Crippen LogP contribution in [0.25, 0.3) is 0 Å². The van der Waals surface area contributed by atoms with Gasteiger partial charge in [-0.15, -0.1) is 5.10 Å². The molecule has 0 aliphatic carbocycles. The average molecular weight is 172 g/mol. The van der Waals surface area contributed by atoms with E-state index in [-0.39, 0.29) is 5.41 Å². The number of hydrogen-bond acceptors (Lipinski definition) is 3. The van der Waals surface area contributed by atoms with Crippen LogP contribution in [0, 0.1) is 10.3 Å². The molecule has 3 nitrogen and oxygen atoms in total. The molecule has 0 fully saturated rings. The molecule has 0 radical (unpaired) electrons. The molecule has 1 aromatic rings. The van der Waals surface area contributed by atoms with Crippen molar-refractivity contribution in [1.29, 1.82) is 0 Å². The summed E-state index contributed by atoms with van der Waals surface area (Å²) in [7, 11) is 0. The first kappa shape index (κ1) is 8.46. The number of nitrogens with one attached hydrogen (secondary N) is 1. The topological polar surface area (TPSA) is 41.8 Å². The second kappa shape index (κ2) is 2.77. The molecule has 1 rings (SSSR count). The van der Waals surface area contributed by atoms with Gasteiger partial charge in [0.05, 0.1) is 0 Å². The van der Waals surface area contributed by atoms with Crippen LogP contribution in [-0.2, 0) is 6.42 Å². The maximum atomic E-state index is 5.11. The number of aromatic amines is 1. The van der Waals surface area contributed by atoms with Crippen molar-refractivity contribution in [1.82, 2.24) is 10.2 Å². The van der Waals surface area contributed by atoms with Crippen LogP contribution < -0.4 is 0 Å². The molecule has 0 atom stereocenters. The normalized spacial score (nSPS) is 11.9. The fourth-order valence-electron chi connectivity index (χ4n) is 0.790. The number of hydrogen-bond donors (Lipinski definition) is 1. The minimum absolute atomic E-state index is 0.195. The molecule has 1 heterocycles. The summed E-state index contributed by atoms with van der Waals surface area (Å²) < 4.78 is 5.11. The predicted octanol–water partition coefficient (Wildman–Crippen LogP) is 2.32. The second-order valence-electron chi connectivity index (χ2n) is 3.74. The number of aromatic nitrogens is 2. The van der Waals surface area contributed by atoms with E-state index in [1.54, 1.807) is 0 Å². The minimum Gasteiger partial charge on any atom is -0.414 e. The van der Waals surface area contributed by atoms with E-state index in [0.29, 0.717) is 10.7 Å². The standard InChI is InChI=1S/C7H12N2OS/c1-7(2,3)4-5-8-9-6(11)10-5/h4H2,1-3H3,(H,9,11). The van der Waals surface area contributed by atoms with Gasteiger partial charge in [0.1, 0.15) is 0 Å². The molecule has 0 unspecified atom stereocenters. The van der Waals surface area contributed by atoms with Crippen LogP contribution in [0.2, 0.25) is 0 Å². The van der Waals surface area contributed by atoms with Crippen molar-refractivity contribution in [2.45, 2.75) is 27.2 Å². The third-order valence-corrected chi connectivity index (χ3v) is 1.34. The first-order valence-electron chi connectivity index (χ1n) is 3.52. The van der Waals surface area contributed by atoms with Crippen molar-refractivity contribution >= 4 is 12.2 Å². The molecule has 1 aromatic heterocycles. The fraction of sp³-hybridized carbons (Fsp3) is 0.714. The zero-order chi connectivity index (χ0) is 8.48. The van der Waals surface area contributed by atoms with Gasteiger partial charge >= 0.3 is 0 Å². The molecule has 62 valence electrons. The number of nitrogens with zero attached hydrogens (tertiary/aromatic N) is 1. The van der Waals surface area contributed by atoms with E-state index >= 15 is 0 Å². The smallest absolute Gasteiger partial charge is 0.284 e. The molecular formula is C7H12N2OS. The number of rotatable bonds is 1. The van der Waals surface area contributed by atoms with Crippen LogP contribution >= 0.6 is 12.2 Å². The minimum atomic E-state index is 0.195. The predicted molar refractivity (Wildman–Crippen MR) is 44.8 cm³/mol. The van der Waals surface area contributed by atoms with E-state index in [1.165, 1.54) is 0 Å². The van der Waals surface area contributed by atoms with Gasteiger partial charge in [-0.25, -0.2) is 5.10 Å². The van der Waals surface area contributed by atoms with Gasteiger partial charge in [-0.3, -0.25) is 0 Å². The maximum absolute atomic E-state index is 5.11. The van der Waals surface area contributed by atoms with Crippen LogP contribution in [0.4, 0.5) is 0 Å². The Hall–Kier alpha value is -0.640. The highest BCUT2D eigenvalue weighted by Crippen LogP contribution is 2.18. The van der Waals surface area contributed by atoms with Gasteiger partial charge in [0.2, 0.25) is 5.89 Å². The van der Waals surface area contributed by atoms with Crippen LogP contribution in [0.1, 0.15) is 26.7 Å². The highest BCUT2D eigenvalue weighted by Gasteiger charge is 2.14. The number of H-pyrrole nitrogens is 1. The lowest BCUT2D eigenvalue weighted by molar-refractivity contribution is 0.351. The van der Waals surface area contributed by atoms with Crippen molar-refractivity contribution < 1.29 is 4.42 Å². The highest BCUT2D eigenvalue weighted by atomic mass is 32.1. The SMILES string of the molecule is CC(C)(C)Cc1n[nH]c(=S)o1. The van der Waals surface area contributed by atoms with E-state index in [1.807, 2.05) is 0 Å². The van der Waals surface area contributed by atoms with E-state index < -0.39 is 0 Å². The van der Waals surface area contributed by atoms with E-state index in [4.69, 9.17) is 16.6 Å². The molecule has 0 saturated heterocycles. The van der Waals surface area contributed by atoms with E-state index in [2.05, 4.69) is 31.0 Å². The van der Waals surface area contributed by atoms with Gasteiger partial charge in [-0.05, 0) is 17.6 Å². The molecule has 0 bridgehead atoms. The van der Waals surface area contributed by atoms with Crippen molar-refractivity contribution in [3.8, 4) is 0 Å². The van der Waals surface area contributed by atoms with Crippen molar-refractivity contribution in [3.63, 3.8) is 0 Å². The Kier molecular flexibility index (Phi) is 2.13. The molecule has 1 N–H and O–H groups in total. The average Bonchev–Trinajstić information content (AvgIpc) is 2.10. The summed E-state index contributed by atoms with van der Waals surface area (Å²) in [6.45, 7) is 6.38. The lowest BCUT2D eigenvalue weighted by Gasteiger charge is -2.13. The summed E-state index contributed by atoms with van der Waals surface area (Å²) in [5.74, 6) is 0.683. The fourth-order valence-corrected chi connectivity index (χ4v) is 0.932. The second-order valence-corrected chi connectivity index (χ2v) is 4.12. The molecule has 0 amide bonds. The lowest BCUT2D eigenvalue weighted by atomic mass is 9.92. The monoisotopic (exact) mass is 172 g/mol. The van der Waals surface area contributed by atoms with Gasteiger partial charge in [0.15, 0.2) is 0 Å². The van der Waals surface area contributed by atoms with Gasteiger partial charge in [-0.2, -0.15) is 0 Å². The van der Waals surface area contributed by atoms with Gasteiger partial charge in [-0.1, -0.05) is 20.8 Å². The van der Waals surface area contributed by atoms with Crippen LogP contribution in [0.3, 0.4) is 0 Å². The Labute approximate surface area is 70.8 Å². The summed E-state index contributed by atoms with van der Waals surface area (Å²) in [6.07, 6.45) is 0.806. The first-order chi connectivity index (χ1) is 4.97. The Balaban J connectivity index is 2.73. The third-order valence-electron chi connectivity index (χ3n) is 1.16. The third kappa shape index (κ3) is 2.84. The largest absolute Gasteiger partial charge is 0.414 e. The quantitative estimate of drug-likeness (QED) is 0.661. The zero-order valence-electron chi connectivity index (χ0n) is 6.97. The Morgan fingerprint density at radius 1 is 1.55 bits per heavy atom. The summed E-state index contributed by atoms with van der Waals surface area (Å²) in [6, 6.07) is 0. The Morgan fingerprint density at radius 2 is 2.18 bits per heavy atom. The van der Waals surface area contributed by atoms with Crippen molar-refractivity contribution in [2.24, 2.45) is 5.41 Å². The lowest BCUT2D eigenvalue weighted by Crippen LogP contribution is -2.09. The Bertz CT molecular complexity index is 281. The van der Waals surface area contributed by atoms with Gasteiger partial charge in [0.25, 0.3) is 4.84 Å². The van der Waals surface area contributed by atoms with Crippen LogP contribution in [0.15, 0.2) is 4.42 Å². The molecule has 11 heavy (non-hydrogen) atoms. The molecule has 0 saturated carbocycles.